The van der Waals surface area contributed by atoms with Crippen LogP contribution in [0.3, 0.4) is 0 Å². The summed E-state index contributed by atoms with van der Waals surface area (Å²) in [4.78, 5) is 11.8. The lowest BCUT2D eigenvalue weighted by Crippen LogP contribution is -2.42. The molecule has 2 fully saturated rings. The minimum Gasteiger partial charge on any atom is -0.378 e. The third kappa shape index (κ3) is 2.04. The van der Waals surface area contributed by atoms with Crippen molar-refractivity contribution in [3.05, 3.63) is 0 Å². The van der Waals surface area contributed by atoms with Crippen molar-refractivity contribution in [2.24, 2.45) is 5.92 Å². The molecule has 1 aliphatic heterocycles. The summed E-state index contributed by atoms with van der Waals surface area (Å²) in [6.07, 6.45) is 3.10. The van der Waals surface area contributed by atoms with Crippen LogP contribution in [0.5, 0.6) is 0 Å². The van der Waals surface area contributed by atoms with Crippen molar-refractivity contribution in [1.82, 2.24) is 5.32 Å². The molecule has 1 N–H and O–H groups in total. The number of halogens is 1. The molecular formula is C10H16ClNO2. The van der Waals surface area contributed by atoms with Gasteiger partial charge < -0.3 is 10.1 Å². The number of rotatable bonds is 3. The molecule has 1 heterocycles. The fourth-order valence-corrected chi connectivity index (χ4v) is 2.14. The highest BCUT2D eigenvalue weighted by atomic mass is 35.5. The molecule has 14 heavy (non-hydrogen) atoms. The van der Waals surface area contributed by atoms with E-state index in [2.05, 4.69) is 5.32 Å². The fourth-order valence-electron chi connectivity index (χ4n) is 1.81. The lowest BCUT2D eigenvalue weighted by molar-refractivity contribution is -0.125. The van der Waals surface area contributed by atoms with E-state index in [0.717, 1.165) is 19.3 Å². The molecular weight excluding hydrogens is 202 g/mol. The summed E-state index contributed by atoms with van der Waals surface area (Å²) >= 11 is 5.79. The molecule has 2 unspecified atom stereocenters. The first kappa shape index (κ1) is 10.2. The molecule has 80 valence electrons. The first-order valence-electron chi connectivity index (χ1n) is 5.15. The van der Waals surface area contributed by atoms with Crippen LogP contribution in [0.1, 0.15) is 26.2 Å². The van der Waals surface area contributed by atoms with Crippen molar-refractivity contribution in [3.63, 3.8) is 0 Å². The molecule has 3 nitrogen and oxygen atoms in total. The van der Waals surface area contributed by atoms with Gasteiger partial charge in [-0.1, -0.05) is 0 Å². The number of hydrogen-bond acceptors (Lipinski definition) is 2. The van der Waals surface area contributed by atoms with E-state index in [1.165, 1.54) is 0 Å². The lowest BCUT2D eigenvalue weighted by Gasteiger charge is -2.16. The van der Waals surface area contributed by atoms with Gasteiger partial charge in [0.2, 0.25) is 5.91 Å². The number of carbonyl (C=O) groups excluding carboxylic acids is 1. The van der Waals surface area contributed by atoms with Gasteiger partial charge >= 0.3 is 0 Å². The Labute approximate surface area is 89.1 Å². The minimum absolute atomic E-state index is 0.0330. The minimum atomic E-state index is -0.0789. The molecule has 0 aromatic carbocycles. The Morgan fingerprint density at radius 1 is 1.64 bits per heavy atom. The summed E-state index contributed by atoms with van der Waals surface area (Å²) in [7, 11) is 0. The van der Waals surface area contributed by atoms with Gasteiger partial charge in [-0.05, 0) is 26.2 Å². The smallest absolute Gasteiger partial charge is 0.226 e. The molecule has 4 heteroatoms. The van der Waals surface area contributed by atoms with Crippen LogP contribution in [0, 0.1) is 5.92 Å². The van der Waals surface area contributed by atoms with Crippen LogP contribution in [0.25, 0.3) is 0 Å². The largest absolute Gasteiger partial charge is 0.378 e. The summed E-state index contributed by atoms with van der Waals surface area (Å²) in [5.41, 5.74) is -0.0789. The molecule has 0 aromatic rings. The number of alkyl halides is 1. The predicted octanol–water partition coefficient (Wildman–Crippen LogP) is 1.30. The molecule has 1 saturated heterocycles. The molecule has 2 rings (SSSR count). The molecule has 1 aliphatic carbocycles. The molecule has 2 atom stereocenters. The third-order valence-corrected chi connectivity index (χ3v) is 3.58. The van der Waals surface area contributed by atoms with Crippen molar-refractivity contribution in [1.29, 1.82) is 0 Å². The van der Waals surface area contributed by atoms with E-state index in [0.29, 0.717) is 12.5 Å². The van der Waals surface area contributed by atoms with E-state index in [1.807, 2.05) is 6.92 Å². The molecule has 1 amide bonds. The van der Waals surface area contributed by atoms with Gasteiger partial charge in [0, 0.05) is 5.88 Å². The molecule has 2 aliphatic rings. The number of amides is 1. The van der Waals surface area contributed by atoms with Gasteiger partial charge in [-0.2, -0.15) is 0 Å². The Morgan fingerprint density at radius 2 is 2.36 bits per heavy atom. The van der Waals surface area contributed by atoms with Gasteiger partial charge in [0.1, 0.15) is 0 Å². The van der Waals surface area contributed by atoms with Crippen LogP contribution in [-0.4, -0.2) is 30.0 Å². The Kier molecular flexibility index (Phi) is 2.71. The van der Waals surface area contributed by atoms with E-state index in [4.69, 9.17) is 16.3 Å². The van der Waals surface area contributed by atoms with Crippen molar-refractivity contribution in [2.75, 3.05) is 12.5 Å². The Bertz CT molecular complexity index is 240. The summed E-state index contributed by atoms with van der Waals surface area (Å²) in [6, 6.07) is 0. The van der Waals surface area contributed by atoms with Crippen molar-refractivity contribution >= 4 is 17.5 Å². The van der Waals surface area contributed by atoms with E-state index in [1.54, 1.807) is 0 Å². The second-order valence-electron chi connectivity index (χ2n) is 4.48. The van der Waals surface area contributed by atoms with Crippen molar-refractivity contribution in [3.8, 4) is 0 Å². The van der Waals surface area contributed by atoms with E-state index in [-0.39, 0.29) is 23.5 Å². The number of ether oxygens (including phenoxy) is 1. The zero-order valence-corrected chi connectivity index (χ0v) is 9.14. The standard InChI is InChI=1S/C10H16ClNO2/c1-7-4-8(5-14-7)9(13)12-10(6-11)2-3-10/h7-8H,2-6H2,1H3,(H,12,13). The summed E-state index contributed by atoms with van der Waals surface area (Å²) in [5.74, 6) is 0.681. The molecule has 0 aromatic heterocycles. The Hall–Kier alpha value is -0.280. The zero-order valence-electron chi connectivity index (χ0n) is 8.38. The van der Waals surface area contributed by atoms with Gasteiger partial charge in [-0.3, -0.25) is 4.79 Å². The van der Waals surface area contributed by atoms with Gasteiger partial charge in [0.05, 0.1) is 24.2 Å². The van der Waals surface area contributed by atoms with Crippen LogP contribution in [-0.2, 0) is 9.53 Å². The molecule has 0 bridgehead atoms. The average Bonchev–Trinajstić information content (AvgIpc) is 2.80. The summed E-state index contributed by atoms with van der Waals surface area (Å²) in [6.45, 7) is 2.56. The van der Waals surface area contributed by atoms with Gasteiger partial charge in [-0.15, -0.1) is 11.6 Å². The summed E-state index contributed by atoms with van der Waals surface area (Å²) < 4.78 is 5.36. The normalized spacial score (nSPS) is 34.1. The maximum atomic E-state index is 11.8. The number of carbonyl (C=O) groups is 1. The molecule has 0 spiro atoms. The highest BCUT2D eigenvalue weighted by Crippen LogP contribution is 2.37. The second kappa shape index (κ2) is 3.70. The van der Waals surface area contributed by atoms with E-state index >= 15 is 0 Å². The number of nitrogens with one attached hydrogen (secondary N) is 1. The van der Waals surface area contributed by atoms with Crippen LogP contribution < -0.4 is 5.32 Å². The maximum absolute atomic E-state index is 11.8. The quantitative estimate of drug-likeness (QED) is 0.724. The van der Waals surface area contributed by atoms with Gasteiger partial charge in [0.25, 0.3) is 0 Å². The van der Waals surface area contributed by atoms with E-state index < -0.39 is 0 Å². The monoisotopic (exact) mass is 217 g/mol. The molecule has 1 saturated carbocycles. The SMILES string of the molecule is CC1CC(C(=O)NC2(CCl)CC2)CO1. The summed E-state index contributed by atoms with van der Waals surface area (Å²) in [5, 5.41) is 3.03. The number of hydrogen-bond donors (Lipinski definition) is 1. The topological polar surface area (TPSA) is 38.3 Å². The Balaban J connectivity index is 1.84. The van der Waals surface area contributed by atoms with Crippen LogP contribution in [0.4, 0.5) is 0 Å². The highest BCUT2D eigenvalue weighted by Gasteiger charge is 2.44. The average molecular weight is 218 g/mol. The van der Waals surface area contributed by atoms with Gasteiger partial charge in [-0.25, -0.2) is 0 Å². The first-order chi connectivity index (χ1) is 6.65. The van der Waals surface area contributed by atoms with Crippen LogP contribution in [0.2, 0.25) is 0 Å². The van der Waals surface area contributed by atoms with Crippen molar-refractivity contribution < 1.29 is 9.53 Å². The second-order valence-corrected chi connectivity index (χ2v) is 4.75. The van der Waals surface area contributed by atoms with E-state index in [9.17, 15) is 4.79 Å². The van der Waals surface area contributed by atoms with Crippen LogP contribution >= 0.6 is 11.6 Å². The predicted molar refractivity (Wildman–Crippen MR) is 54.3 cm³/mol. The first-order valence-corrected chi connectivity index (χ1v) is 5.68. The molecule has 0 radical (unpaired) electrons. The Morgan fingerprint density at radius 3 is 2.79 bits per heavy atom. The lowest BCUT2D eigenvalue weighted by atomic mass is 10.1. The fraction of sp³-hybridized carbons (Fsp3) is 0.900. The highest BCUT2D eigenvalue weighted by molar-refractivity contribution is 6.19. The maximum Gasteiger partial charge on any atom is 0.226 e. The van der Waals surface area contributed by atoms with Gasteiger partial charge in [0.15, 0.2) is 0 Å². The third-order valence-electron chi connectivity index (χ3n) is 3.07. The van der Waals surface area contributed by atoms with Crippen LogP contribution in [0.15, 0.2) is 0 Å². The van der Waals surface area contributed by atoms with Crippen molar-refractivity contribution in [2.45, 2.75) is 37.8 Å². The zero-order chi connectivity index (χ0) is 10.2.